The predicted molar refractivity (Wildman–Crippen MR) is 92.1 cm³/mol. The molecule has 7 heteroatoms. The summed E-state index contributed by atoms with van der Waals surface area (Å²) in [5, 5.41) is 4.31. The van der Waals surface area contributed by atoms with Gasteiger partial charge in [0.05, 0.1) is 11.6 Å². The molecule has 0 atom stereocenters. The molecule has 0 N–H and O–H groups in total. The molecule has 0 bridgehead atoms. The van der Waals surface area contributed by atoms with E-state index in [-0.39, 0.29) is 5.56 Å². The van der Waals surface area contributed by atoms with E-state index in [1.165, 1.54) is 15.9 Å². The van der Waals surface area contributed by atoms with Crippen LogP contribution in [0.15, 0.2) is 53.6 Å². The molecule has 4 rings (SSSR count). The molecule has 6 nitrogen and oxygen atoms in total. The fourth-order valence-electron chi connectivity index (χ4n) is 2.38. The van der Waals surface area contributed by atoms with Crippen LogP contribution in [0.1, 0.15) is 5.56 Å². The molecule has 1 aromatic carbocycles. The number of ether oxygens (including phenoxy) is 1. The summed E-state index contributed by atoms with van der Waals surface area (Å²) in [4.78, 5) is 21.5. The normalized spacial score (nSPS) is 12.0. The van der Waals surface area contributed by atoms with Gasteiger partial charge in [0.1, 0.15) is 5.75 Å². The van der Waals surface area contributed by atoms with Crippen molar-refractivity contribution in [2.45, 2.75) is 0 Å². The lowest BCUT2D eigenvalue weighted by atomic mass is 10.2. The van der Waals surface area contributed by atoms with Crippen molar-refractivity contribution in [1.29, 1.82) is 0 Å². The standard InChI is InChI=1S/C17H12N4O2S/c1-23-13-5-3-2-4-12(13)10-14-16(22)21-17(24-14)19-15(20-21)11-6-8-18-9-7-11/h2-10H,1H3/b14-10+. The minimum absolute atomic E-state index is 0.186. The largest absolute Gasteiger partial charge is 0.496 e. The number of nitrogens with zero attached hydrogens (tertiary/aromatic N) is 4. The first-order valence-electron chi connectivity index (χ1n) is 7.21. The Kier molecular flexibility index (Phi) is 3.55. The summed E-state index contributed by atoms with van der Waals surface area (Å²) < 4.78 is 7.22. The third-order valence-electron chi connectivity index (χ3n) is 3.55. The number of pyridine rings is 1. The first-order chi connectivity index (χ1) is 11.8. The molecule has 0 unspecified atom stereocenters. The number of hydrogen-bond donors (Lipinski definition) is 0. The zero-order chi connectivity index (χ0) is 16.5. The highest BCUT2D eigenvalue weighted by atomic mass is 32.1. The van der Waals surface area contributed by atoms with Crippen molar-refractivity contribution < 1.29 is 4.74 Å². The second kappa shape index (κ2) is 5.86. The van der Waals surface area contributed by atoms with Crippen molar-refractivity contribution in [3.8, 4) is 17.1 Å². The quantitative estimate of drug-likeness (QED) is 0.570. The van der Waals surface area contributed by atoms with Crippen LogP contribution in [0, 0.1) is 0 Å². The van der Waals surface area contributed by atoms with E-state index in [4.69, 9.17) is 4.74 Å². The summed E-state index contributed by atoms with van der Waals surface area (Å²) in [7, 11) is 1.61. The first kappa shape index (κ1) is 14.5. The molecular weight excluding hydrogens is 324 g/mol. The van der Waals surface area contributed by atoms with E-state index in [0.717, 1.165) is 11.1 Å². The molecular formula is C17H12N4O2S. The maximum atomic E-state index is 12.6. The summed E-state index contributed by atoms with van der Waals surface area (Å²) in [6.07, 6.45) is 5.14. The summed E-state index contributed by atoms with van der Waals surface area (Å²) >= 11 is 1.30. The zero-order valence-electron chi connectivity index (χ0n) is 12.7. The Bertz CT molecular complexity index is 1120. The van der Waals surface area contributed by atoms with Crippen LogP contribution in [-0.4, -0.2) is 26.7 Å². The van der Waals surface area contributed by atoms with E-state index in [2.05, 4.69) is 15.1 Å². The second-order valence-corrected chi connectivity index (χ2v) is 6.03. The Morgan fingerprint density at radius 3 is 2.71 bits per heavy atom. The van der Waals surface area contributed by atoms with E-state index in [1.807, 2.05) is 36.4 Å². The van der Waals surface area contributed by atoms with Crippen molar-refractivity contribution in [2.75, 3.05) is 7.11 Å². The van der Waals surface area contributed by atoms with E-state index >= 15 is 0 Å². The molecule has 118 valence electrons. The Balaban J connectivity index is 1.85. The fraction of sp³-hybridized carbons (Fsp3) is 0.0588. The molecule has 0 aliphatic rings. The van der Waals surface area contributed by atoms with E-state index < -0.39 is 0 Å². The summed E-state index contributed by atoms with van der Waals surface area (Å²) in [6, 6.07) is 11.2. The van der Waals surface area contributed by atoms with Crippen molar-refractivity contribution in [3.05, 3.63) is 69.2 Å². The van der Waals surface area contributed by atoms with Gasteiger partial charge in [0.25, 0.3) is 5.56 Å². The third kappa shape index (κ3) is 2.44. The van der Waals surface area contributed by atoms with E-state index in [1.54, 1.807) is 25.6 Å². The van der Waals surface area contributed by atoms with Crippen LogP contribution >= 0.6 is 11.3 Å². The number of methoxy groups -OCH3 is 1. The van der Waals surface area contributed by atoms with Gasteiger partial charge in [-0.15, -0.1) is 5.10 Å². The number of rotatable bonds is 3. The van der Waals surface area contributed by atoms with Crippen LogP contribution < -0.4 is 14.8 Å². The molecule has 3 aromatic heterocycles. The van der Waals surface area contributed by atoms with Gasteiger partial charge in [0, 0.05) is 23.5 Å². The van der Waals surface area contributed by atoms with Gasteiger partial charge >= 0.3 is 0 Å². The minimum Gasteiger partial charge on any atom is -0.496 e. The molecule has 0 saturated carbocycles. The van der Waals surface area contributed by atoms with Gasteiger partial charge in [-0.1, -0.05) is 29.5 Å². The Morgan fingerprint density at radius 1 is 1.17 bits per heavy atom. The number of thiazole rings is 1. The second-order valence-electron chi connectivity index (χ2n) is 5.02. The lowest BCUT2D eigenvalue weighted by molar-refractivity contribution is 0.414. The average Bonchev–Trinajstić information content (AvgIpc) is 3.16. The average molecular weight is 336 g/mol. The molecule has 0 saturated heterocycles. The molecule has 0 radical (unpaired) electrons. The molecule has 0 aliphatic heterocycles. The maximum absolute atomic E-state index is 12.6. The van der Waals surface area contributed by atoms with Crippen molar-refractivity contribution in [2.24, 2.45) is 0 Å². The smallest absolute Gasteiger partial charge is 0.291 e. The number of hydrogen-bond acceptors (Lipinski definition) is 6. The summed E-state index contributed by atoms with van der Waals surface area (Å²) in [6.45, 7) is 0. The molecule has 0 amide bonds. The highest BCUT2D eigenvalue weighted by Crippen LogP contribution is 2.18. The van der Waals surface area contributed by atoms with Crippen LogP contribution in [0.5, 0.6) is 5.75 Å². The summed E-state index contributed by atoms with van der Waals surface area (Å²) in [5.41, 5.74) is 1.49. The van der Waals surface area contributed by atoms with Gasteiger partial charge < -0.3 is 4.74 Å². The number of para-hydroxylation sites is 1. The van der Waals surface area contributed by atoms with E-state index in [9.17, 15) is 4.79 Å². The monoisotopic (exact) mass is 336 g/mol. The molecule has 4 aromatic rings. The Morgan fingerprint density at radius 2 is 1.96 bits per heavy atom. The van der Waals surface area contributed by atoms with Crippen LogP contribution in [0.4, 0.5) is 0 Å². The van der Waals surface area contributed by atoms with Crippen LogP contribution in [0.25, 0.3) is 22.4 Å². The van der Waals surface area contributed by atoms with E-state index in [0.29, 0.717) is 21.1 Å². The summed E-state index contributed by atoms with van der Waals surface area (Å²) in [5.74, 6) is 1.23. The molecule has 3 heterocycles. The first-order valence-corrected chi connectivity index (χ1v) is 8.02. The highest BCUT2D eigenvalue weighted by Gasteiger charge is 2.12. The molecule has 0 fully saturated rings. The maximum Gasteiger partial charge on any atom is 0.291 e. The lowest BCUT2D eigenvalue weighted by Crippen LogP contribution is -2.23. The predicted octanol–water partition coefficient (Wildman–Crippen LogP) is 1.77. The van der Waals surface area contributed by atoms with Crippen LogP contribution in [-0.2, 0) is 0 Å². The highest BCUT2D eigenvalue weighted by molar-refractivity contribution is 7.15. The van der Waals surface area contributed by atoms with Crippen LogP contribution in [0.2, 0.25) is 0 Å². The van der Waals surface area contributed by atoms with Crippen LogP contribution in [0.3, 0.4) is 0 Å². The molecule has 0 aliphatic carbocycles. The lowest BCUT2D eigenvalue weighted by Gasteiger charge is -2.02. The Hall–Kier alpha value is -3.06. The van der Waals surface area contributed by atoms with Gasteiger partial charge in [-0.25, -0.2) is 0 Å². The number of aromatic nitrogens is 4. The van der Waals surface area contributed by atoms with Gasteiger partial charge in [-0.05, 0) is 24.3 Å². The SMILES string of the molecule is COc1ccccc1/C=c1/sc2nc(-c3ccncc3)nn2c1=O. The Labute approximate surface area is 140 Å². The fourth-order valence-corrected chi connectivity index (χ4v) is 3.28. The van der Waals surface area contributed by atoms with Gasteiger partial charge in [0.2, 0.25) is 4.96 Å². The van der Waals surface area contributed by atoms with Crippen molar-refractivity contribution in [3.63, 3.8) is 0 Å². The van der Waals surface area contributed by atoms with Gasteiger partial charge in [-0.3, -0.25) is 9.78 Å². The number of fused-ring (bicyclic) bond motifs is 1. The van der Waals surface area contributed by atoms with Crippen molar-refractivity contribution in [1.82, 2.24) is 19.6 Å². The van der Waals surface area contributed by atoms with Crippen molar-refractivity contribution >= 4 is 22.4 Å². The molecule has 0 spiro atoms. The zero-order valence-corrected chi connectivity index (χ0v) is 13.5. The van der Waals surface area contributed by atoms with Gasteiger partial charge in [-0.2, -0.15) is 9.50 Å². The number of benzene rings is 1. The topological polar surface area (TPSA) is 69.4 Å². The molecule has 24 heavy (non-hydrogen) atoms. The third-order valence-corrected chi connectivity index (χ3v) is 4.51. The minimum atomic E-state index is -0.186. The van der Waals surface area contributed by atoms with Gasteiger partial charge in [0.15, 0.2) is 5.82 Å².